The Hall–Kier alpha value is -3.84. The standard InChI is InChI=1S/C36H35N/c1-35(2)21-22-36(3,4)33-25-28-23-30(20-19-27(28)24-32(33)35)37(29-15-9-6-10-16-29)34-18-12-11-17-31(34)26-13-7-5-8-14-26/h5-20,23-25H,21-22H2,1-4H3. The van der Waals surface area contributed by atoms with Gasteiger partial charge in [-0.2, -0.15) is 0 Å². The molecule has 5 aromatic rings. The van der Waals surface area contributed by atoms with E-state index in [4.69, 9.17) is 0 Å². The molecule has 0 saturated heterocycles. The summed E-state index contributed by atoms with van der Waals surface area (Å²) in [6, 6.07) is 42.0. The van der Waals surface area contributed by atoms with Crippen LogP contribution in [-0.4, -0.2) is 0 Å². The molecule has 0 bridgehead atoms. The van der Waals surface area contributed by atoms with Gasteiger partial charge in [0, 0.05) is 16.9 Å². The predicted molar refractivity (Wildman–Crippen MR) is 159 cm³/mol. The fourth-order valence-corrected chi connectivity index (χ4v) is 5.97. The topological polar surface area (TPSA) is 3.24 Å². The number of benzene rings is 5. The van der Waals surface area contributed by atoms with Crippen molar-refractivity contribution in [2.75, 3.05) is 4.90 Å². The average Bonchev–Trinajstić information content (AvgIpc) is 2.92. The highest BCUT2D eigenvalue weighted by molar-refractivity contribution is 5.93. The molecule has 0 aromatic heterocycles. The number of nitrogens with zero attached hydrogens (tertiary/aromatic N) is 1. The van der Waals surface area contributed by atoms with Gasteiger partial charge in [0.25, 0.3) is 0 Å². The zero-order chi connectivity index (χ0) is 25.6. The normalized spacial score (nSPS) is 15.8. The van der Waals surface area contributed by atoms with E-state index in [2.05, 4.69) is 148 Å². The van der Waals surface area contributed by atoms with Crippen molar-refractivity contribution in [2.45, 2.75) is 51.4 Å². The third kappa shape index (κ3) is 4.23. The molecule has 0 radical (unpaired) electrons. The highest BCUT2D eigenvalue weighted by atomic mass is 15.1. The van der Waals surface area contributed by atoms with Gasteiger partial charge in [0.15, 0.2) is 0 Å². The lowest BCUT2D eigenvalue weighted by molar-refractivity contribution is 0.332. The number of anilines is 3. The molecule has 0 aliphatic heterocycles. The van der Waals surface area contributed by atoms with E-state index in [0.29, 0.717) is 0 Å². The molecular weight excluding hydrogens is 446 g/mol. The second-order valence-corrected chi connectivity index (χ2v) is 11.8. The van der Waals surface area contributed by atoms with Gasteiger partial charge in [-0.1, -0.05) is 113 Å². The van der Waals surface area contributed by atoms with Crippen LogP contribution in [-0.2, 0) is 10.8 Å². The van der Waals surface area contributed by atoms with Crippen LogP contribution in [0.5, 0.6) is 0 Å². The maximum atomic E-state index is 2.47. The smallest absolute Gasteiger partial charge is 0.0540 e. The molecule has 0 amide bonds. The van der Waals surface area contributed by atoms with Crippen LogP contribution in [0.2, 0.25) is 0 Å². The van der Waals surface area contributed by atoms with E-state index >= 15 is 0 Å². The fourth-order valence-electron chi connectivity index (χ4n) is 5.97. The fraction of sp³-hybridized carbons (Fsp3) is 0.222. The van der Waals surface area contributed by atoms with Crippen molar-refractivity contribution in [3.63, 3.8) is 0 Å². The van der Waals surface area contributed by atoms with Crippen molar-refractivity contribution in [3.05, 3.63) is 126 Å². The number of rotatable bonds is 4. The van der Waals surface area contributed by atoms with Crippen LogP contribution in [0.3, 0.4) is 0 Å². The third-order valence-corrected chi connectivity index (χ3v) is 8.30. The summed E-state index contributed by atoms with van der Waals surface area (Å²) in [6.07, 6.45) is 2.45. The Labute approximate surface area is 221 Å². The second-order valence-electron chi connectivity index (χ2n) is 11.8. The Kier molecular flexibility index (Phi) is 5.68. The predicted octanol–water partition coefficient (Wildman–Crippen LogP) is 10.3. The molecule has 1 heteroatoms. The van der Waals surface area contributed by atoms with Crippen LogP contribution in [0.4, 0.5) is 17.1 Å². The van der Waals surface area contributed by atoms with E-state index in [1.807, 2.05) is 0 Å². The summed E-state index contributed by atoms with van der Waals surface area (Å²) in [5, 5.41) is 2.62. The van der Waals surface area contributed by atoms with E-state index in [-0.39, 0.29) is 10.8 Å². The van der Waals surface area contributed by atoms with Crippen molar-refractivity contribution < 1.29 is 0 Å². The van der Waals surface area contributed by atoms with E-state index in [1.165, 1.54) is 57.2 Å². The van der Waals surface area contributed by atoms with E-state index < -0.39 is 0 Å². The second kappa shape index (κ2) is 8.92. The Morgan fingerprint density at radius 1 is 0.514 bits per heavy atom. The molecule has 0 spiro atoms. The quantitative estimate of drug-likeness (QED) is 0.247. The molecule has 1 nitrogen and oxygen atoms in total. The van der Waals surface area contributed by atoms with Gasteiger partial charge in [0.1, 0.15) is 0 Å². The first kappa shape index (κ1) is 23.6. The lowest BCUT2D eigenvalue weighted by Crippen LogP contribution is -2.33. The van der Waals surface area contributed by atoms with Crippen LogP contribution in [0.15, 0.2) is 115 Å². The van der Waals surface area contributed by atoms with Gasteiger partial charge < -0.3 is 4.90 Å². The molecule has 0 N–H and O–H groups in total. The van der Waals surface area contributed by atoms with Crippen molar-refractivity contribution >= 4 is 27.8 Å². The van der Waals surface area contributed by atoms with Gasteiger partial charge in [-0.3, -0.25) is 0 Å². The first-order valence-electron chi connectivity index (χ1n) is 13.4. The van der Waals surface area contributed by atoms with Gasteiger partial charge in [-0.25, -0.2) is 0 Å². The summed E-state index contributed by atoms with van der Waals surface area (Å²) in [7, 11) is 0. The Bertz CT molecular complexity index is 1560. The molecule has 0 saturated carbocycles. The minimum Gasteiger partial charge on any atom is -0.310 e. The van der Waals surface area contributed by atoms with Gasteiger partial charge in [-0.05, 0) is 81.5 Å². The zero-order valence-electron chi connectivity index (χ0n) is 22.3. The summed E-state index contributed by atoms with van der Waals surface area (Å²) in [6.45, 7) is 9.62. The number of hydrogen-bond donors (Lipinski definition) is 0. The largest absolute Gasteiger partial charge is 0.310 e. The molecule has 0 heterocycles. The molecule has 6 rings (SSSR count). The van der Waals surface area contributed by atoms with Crippen LogP contribution in [0, 0.1) is 0 Å². The zero-order valence-corrected chi connectivity index (χ0v) is 22.3. The summed E-state index contributed by atoms with van der Waals surface area (Å²) in [5.74, 6) is 0. The lowest BCUT2D eigenvalue weighted by atomic mass is 9.63. The maximum absolute atomic E-state index is 2.47. The van der Waals surface area contributed by atoms with Gasteiger partial charge >= 0.3 is 0 Å². The van der Waals surface area contributed by atoms with Crippen molar-refractivity contribution in [1.29, 1.82) is 0 Å². The highest BCUT2D eigenvalue weighted by Crippen LogP contribution is 2.48. The summed E-state index contributed by atoms with van der Waals surface area (Å²) >= 11 is 0. The first-order valence-corrected chi connectivity index (χ1v) is 13.4. The number of para-hydroxylation sites is 2. The molecule has 0 unspecified atom stereocenters. The van der Waals surface area contributed by atoms with Crippen molar-refractivity contribution in [1.82, 2.24) is 0 Å². The van der Waals surface area contributed by atoms with E-state index in [1.54, 1.807) is 0 Å². The number of hydrogen-bond acceptors (Lipinski definition) is 1. The van der Waals surface area contributed by atoms with Crippen LogP contribution in [0.25, 0.3) is 21.9 Å². The minimum atomic E-state index is 0.189. The van der Waals surface area contributed by atoms with Gasteiger partial charge in [0.05, 0.1) is 5.69 Å². The Morgan fingerprint density at radius 3 is 1.76 bits per heavy atom. The molecule has 5 aromatic carbocycles. The summed E-state index contributed by atoms with van der Waals surface area (Å²) < 4.78 is 0. The van der Waals surface area contributed by atoms with Crippen LogP contribution < -0.4 is 4.90 Å². The van der Waals surface area contributed by atoms with Gasteiger partial charge in [-0.15, -0.1) is 0 Å². The number of fused-ring (bicyclic) bond motifs is 2. The monoisotopic (exact) mass is 481 g/mol. The van der Waals surface area contributed by atoms with Crippen molar-refractivity contribution in [2.24, 2.45) is 0 Å². The van der Waals surface area contributed by atoms with Crippen molar-refractivity contribution in [3.8, 4) is 11.1 Å². The lowest BCUT2D eigenvalue weighted by Gasteiger charge is -2.42. The van der Waals surface area contributed by atoms with E-state index in [9.17, 15) is 0 Å². The molecule has 0 fully saturated rings. The Balaban J connectivity index is 1.56. The van der Waals surface area contributed by atoms with Gasteiger partial charge in [0.2, 0.25) is 0 Å². The minimum absolute atomic E-state index is 0.189. The molecule has 37 heavy (non-hydrogen) atoms. The molecule has 1 aliphatic carbocycles. The highest BCUT2D eigenvalue weighted by Gasteiger charge is 2.37. The van der Waals surface area contributed by atoms with Crippen LogP contribution in [0.1, 0.15) is 51.7 Å². The SMILES string of the molecule is CC1(C)CCC(C)(C)c2cc3cc(N(c4ccccc4)c4ccccc4-c4ccccc4)ccc3cc21. The molecular formula is C36H35N. The molecule has 1 aliphatic rings. The summed E-state index contributed by atoms with van der Waals surface area (Å²) in [5.41, 5.74) is 9.37. The Morgan fingerprint density at radius 2 is 1.08 bits per heavy atom. The summed E-state index contributed by atoms with van der Waals surface area (Å²) in [4.78, 5) is 2.40. The maximum Gasteiger partial charge on any atom is 0.0540 e. The molecule has 0 atom stereocenters. The average molecular weight is 482 g/mol. The molecule has 184 valence electrons. The third-order valence-electron chi connectivity index (χ3n) is 8.30. The first-order chi connectivity index (χ1) is 17.8. The van der Waals surface area contributed by atoms with Crippen LogP contribution >= 0.6 is 0 Å². The van der Waals surface area contributed by atoms with E-state index in [0.717, 1.165) is 5.69 Å².